The van der Waals surface area contributed by atoms with E-state index >= 15 is 0 Å². The summed E-state index contributed by atoms with van der Waals surface area (Å²) in [4.78, 5) is 0. The fourth-order valence-electron chi connectivity index (χ4n) is 3.85. The summed E-state index contributed by atoms with van der Waals surface area (Å²) in [6, 6.07) is 14.4. The monoisotopic (exact) mass is 332 g/mol. The van der Waals surface area contributed by atoms with Crippen LogP contribution in [0.5, 0.6) is 11.5 Å². The van der Waals surface area contributed by atoms with E-state index < -0.39 is 0 Å². The number of pyridine rings is 1. The number of fused-ring (bicyclic) bond motifs is 6. The molecule has 4 aromatic rings. The minimum atomic E-state index is 0.746. The van der Waals surface area contributed by atoms with Crippen molar-refractivity contribution in [1.29, 1.82) is 0 Å². The fourth-order valence-corrected chi connectivity index (χ4v) is 3.85. The lowest BCUT2D eigenvalue weighted by atomic mass is 10.00. The molecule has 0 saturated heterocycles. The number of benzene rings is 2. The summed E-state index contributed by atoms with van der Waals surface area (Å²) in [5.74, 6) is 2.49. The first-order chi connectivity index (χ1) is 12.3. The standard InChI is InChI=1S/C21H18NO3/c1-23-19-8-7-13-11-17-20-15(14-5-3-4-6-18(14)25-20)9-10-22(17)12-16(13)21(19)24-2/h3-8,11-12H,9-10H2,1-2H3/q+1. The maximum absolute atomic E-state index is 6.19. The van der Waals surface area contributed by atoms with Crippen molar-refractivity contribution in [2.24, 2.45) is 0 Å². The SMILES string of the molecule is COc1ccc2cc3[n+](cc2c1OC)CCc1c-3oc2ccccc12. The van der Waals surface area contributed by atoms with Crippen molar-refractivity contribution < 1.29 is 18.5 Å². The van der Waals surface area contributed by atoms with Crippen LogP contribution < -0.4 is 14.0 Å². The second-order valence-electron chi connectivity index (χ2n) is 6.31. The van der Waals surface area contributed by atoms with Gasteiger partial charge in [0.2, 0.25) is 11.5 Å². The van der Waals surface area contributed by atoms with Gasteiger partial charge in [-0.3, -0.25) is 0 Å². The Morgan fingerprint density at radius 3 is 2.72 bits per heavy atom. The summed E-state index contributed by atoms with van der Waals surface area (Å²) in [7, 11) is 3.34. The van der Waals surface area contributed by atoms with E-state index in [9.17, 15) is 0 Å². The van der Waals surface area contributed by atoms with Crippen LogP contribution in [0.1, 0.15) is 5.56 Å². The fraction of sp³-hybridized carbons (Fsp3) is 0.190. The van der Waals surface area contributed by atoms with Crippen molar-refractivity contribution in [3.05, 3.63) is 54.2 Å². The molecule has 0 N–H and O–H groups in total. The minimum absolute atomic E-state index is 0.746. The minimum Gasteiger partial charge on any atom is -0.493 e. The summed E-state index contributed by atoms with van der Waals surface area (Å²) < 4.78 is 19.5. The number of aromatic nitrogens is 1. The maximum Gasteiger partial charge on any atom is 0.249 e. The van der Waals surface area contributed by atoms with Gasteiger partial charge in [0.15, 0.2) is 24.2 Å². The van der Waals surface area contributed by atoms with Gasteiger partial charge >= 0.3 is 0 Å². The number of methoxy groups -OCH3 is 2. The van der Waals surface area contributed by atoms with Crippen LogP contribution in [-0.4, -0.2) is 14.2 Å². The van der Waals surface area contributed by atoms with Gasteiger partial charge in [-0.1, -0.05) is 18.2 Å². The lowest BCUT2D eigenvalue weighted by Crippen LogP contribution is -2.39. The van der Waals surface area contributed by atoms with E-state index in [1.54, 1.807) is 14.2 Å². The van der Waals surface area contributed by atoms with Crippen molar-refractivity contribution in [2.45, 2.75) is 13.0 Å². The molecule has 0 aliphatic carbocycles. The Morgan fingerprint density at radius 2 is 1.88 bits per heavy atom. The third-order valence-corrected chi connectivity index (χ3v) is 5.04. The van der Waals surface area contributed by atoms with E-state index in [0.29, 0.717) is 0 Å². The smallest absolute Gasteiger partial charge is 0.249 e. The van der Waals surface area contributed by atoms with Gasteiger partial charge in [-0.15, -0.1) is 0 Å². The summed E-state index contributed by atoms with van der Waals surface area (Å²) in [6.07, 6.45) is 3.10. The number of ether oxygens (including phenoxy) is 2. The third-order valence-electron chi connectivity index (χ3n) is 5.04. The molecular formula is C21H18NO3+. The van der Waals surface area contributed by atoms with Gasteiger partial charge in [0.1, 0.15) is 5.58 Å². The molecule has 0 atom stereocenters. The predicted molar refractivity (Wildman–Crippen MR) is 96.2 cm³/mol. The molecule has 4 heteroatoms. The molecule has 4 nitrogen and oxygen atoms in total. The molecule has 5 rings (SSSR count). The van der Waals surface area contributed by atoms with E-state index in [1.807, 2.05) is 18.2 Å². The van der Waals surface area contributed by atoms with Crippen LogP contribution in [0.3, 0.4) is 0 Å². The first-order valence-electron chi connectivity index (χ1n) is 8.39. The van der Waals surface area contributed by atoms with Crippen LogP contribution in [0, 0.1) is 0 Å². The average molecular weight is 332 g/mol. The van der Waals surface area contributed by atoms with Crippen LogP contribution in [0.2, 0.25) is 0 Å². The highest BCUT2D eigenvalue weighted by Gasteiger charge is 2.30. The van der Waals surface area contributed by atoms with Crippen molar-refractivity contribution >= 4 is 21.7 Å². The molecule has 0 bridgehead atoms. The summed E-state index contributed by atoms with van der Waals surface area (Å²) in [5, 5.41) is 3.37. The molecule has 1 aliphatic rings. The summed E-state index contributed by atoms with van der Waals surface area (Å²) in [6.45, 7) is 0.919. The van der Waals surface area contributed by atoms with Gasteiger partial charge in [-0.05, 0) is 23.6 Å². The highest BCUT2D eigenvalue weighted by atomic mass is 16.5. The quantitative estimate of drug-likeness (QED) is 0.518. The summed E-state index contributed by atoms with van der Waals surface area (Å²) >= 11 is 0. The van der Waals surface area contributed by atoms with Gasteiger partial charge in [0.25, 0.3) is 0 Å². The van der Waals surface area contributed by atoms with Gasteiger partial charge in [-0.2, -0.15) is 4.57 Å². The molecule has 0 amide bonds. The van der Waals surface area contributed by atoms with Crippen LogP contribution in [0.4, 0.5) is 0 Å². The zero-order chi connectivity index (χ0) is 17.0. The topological polar surface area (TPSA) is 35.5 Å². The van der Waals surface area contributed by atoms with Crippen LogP contribution in [0.15, 0.2) is 53.1 Å². The first kappa shape index (κ1) is 14.3. The second-order valence-corrected chi connectivity index (χ2v) is 6.31. The van der Waals surface area contributed by atoms with Crippen molar-refractivity contribution in [3.8, 4) is 23.0 Å². The molecule has 0 radical (unpaired) electrons. The van der Waals surface area contributed by atoms with Crippen molar-refractivity contribution in [1.82, 2.24) is 0 Å². The largest absolute Gasteiger partial charge is 0.493 e. The molecular weight excluding hydrogens is 314 g/mol. The molecule has 3 heterocycles. The lowest BCUT2D eigenvalue weighted by Gasteiger charge is -2.14. The van der Waals surface area contributed by atoms with Crippen molar-refractivity contribution in [3.63, 3.8) is 0 Å². The number of hydrogen-bond donors (Lipinski definition) is 0. The van der Waals surface area contributed by atoms with Crippen LogP contribution >= 0.6 is 0 Å². The van der Waals surface area contributed by atoms with E-state index in [-0.39, 0.29) is 0 Å². The molecule has 0 spiro atoms. The highest BCUT2D eigenvalue weighted by Crippen LogP contribution is 2.39. The Balaban J connectivity index is 1.80. The lowest BCUT2D eigenvalue weighted by molar-refractivity contribution is -0.686. The second kappa shape index (κ2) is 5.24. The number of aryl methyl sites for hydroxylation is 2. The van der Waals surface area contributed by atoms with Gasteiger partial charge in [0.05, 0.1) is 19.6 Å². The maximum atomic E-state index is 6.19. The number of rotatable bonds is 2. The number of para-hydroxylation sites is 1. The zero-order valence-corrected chi connectivity index (χ0v) is 14.2. The molecule has 0 saturated carbocycles. The Kier molecular flexibility index (Phi) is 3.01. The van der Waals surface area contributed by atoms with E-state index in [2.05, 4.69) is 35.0 Å². The Morgan fingerprint density at radius 1 is 1.00 bits per heavy atom. The van der Waals surface area contributed by atoms with Gasteiger partial charge in [-0.25, -0.2) is 0 Å². The van der Waals surface area contributed by atoms with Crippen LogP contribution in [-0.2, 0) is 13.0 Å². The number of furan rings is 1. The first-order valence-corrected chi connectivity index (χ1v) is 8.39. The van der Waals surface area contributed by atoms with Crippen molar-refractivity contribution in [2.75, 3.05) is 14.2 Å². The summed E-state index contributed by atoms with van der Waals surface area (Å²) in [5.41, 5.74) is 3.36. The Labute approximate surface area is 145 Å². The van der Waals surface area contributed by atoms with Gasteiger partial charge in [0, 0.05) is 23.4 Å². The molecule has 0 unspecified atom stereocenters. The third kappa shape index (κ3) is 1.97. The van der Waals surface area contributed by atoms with Gasteiger partial charge < -0.3 is 13.9 Å². The molecule has 124 valence electrons. The highest BCUT2D eigenvalue weighted by molar-refractivity contribution is 5.93. The molecule has 2 aromatic carbocycles. The predicted octanol–water partition coefficient (Wildman–Crippen LogP) is 4.11. The van der Waals surface area contributed by atoms with E-state index in [1.165, 1.54) is 10.9 Å². The molecule has 0 fully saturated rings. The number of nitrogens with zero attached hydrogens (tertiary/aromatic N) is 1. The molecule has 1 aliphatic heterocycles. The average Bonchev–Trinajstić information content (AvgIpc) is 3.04. The van der Waals surface area contributed by atoms with E-state index in [0.717, 1.165) is 52.3 Å². The normalized spacial score (nSPS) is 12.9. The number of hydrogen-bond acceptors (Lipinski definition) is 3. The Hall–Kier alpha value is -3.01. The molecule has 25 heavy (non-hydrogen) atoms. The zero-order valence-electron chi connectivity index (χ0n) is 14.2. The molecule has 2 aromatic heterocycles. The van der Waals surface area contributed by atoms with E-state index in [4.69, 9.17) is 13.9 Å². The van der Waals surface area contributed by atoms with Crippen LogP contribution in [0.25, 0.3) is 33.2 Å². The Bertz CT molecular complexity index is 1130.